The third kappa shape index (κ3) is 3.66. The molecule has 0 saturated carbocycles. The van der Waals surface area contributed by atoms with E-state index in [1.54, 1.807) is 12.0 Å². The molecule has 2 aromatic rings. The third-order valence-electron chi connectivity index (χ3n) is 4.41. The zero-order valence-electron chi connectivity index (χ0n) is 16.0. The first-order valence-corrected chi connectivity index (χ1v) is 8.88. The van der Waals surface area contributed by atoms with Gasteiger partial charge in [0.05, 0.1) is 12.8 Å². The summed E-state index contributed by atoms with van der Waals surface area (Å²) < 4.78 is 10.9. The number of benzene rings is 1. The van der Waals surface area contributed by atoms with E-state index in [9.17, 15) is 4.79 Å². The van der Waals surface area contributed by atoms with Gasteiger partial charge in [-0.1, -0.05) is 25.9 Å². The molecule has 1 fully saturated rings. The molecule has 3 rings (SSSR count). The highest BCUT2D eigenvalue weighted by atomic mass is 16.5. The molecule has 1 aromatic carbocycles. The maximum Gasteiger partial charge on any atom is 0.248 e. The Balaban J connectivity index is 1.77. The molecule has 0 aliphatic carbocycles. The Morgan fingerprint density at radius 3 is 2.69 bits per heavy atom. The van der Waals surface area contributed by atoms with Gasteiger partial charge in [0.15, 0.2) is 5.82 Å². The first-order chi connectivity index (χ1) is 12.3. The molecule has 1 amide bonds. The van der Waals surface area contributed by atoms with Gasteiger partial charge in [-0.2, -0.15) is 4.98 Å². The van der Waals surface area contributed by atoms with Crippen LogP contribution in [0.25, 0.3) is 0 Å². The molecule has 0 unspecified atom stereocenters. The van der Waals surface area contributed by atoms with E-state index < -0.39 is 0 Å². The topological polar surface area (TPSA) is 80.5 Å². The average molecular weight is 358 g/mol. The largest absolute Gasteiger partial charge is 0.494 e. The average Bonchev–Trinajstić information content (AvgIpc) is 3.23. The van der Waals surface area contributed by atoms with Gasteiger partial charge in [-0.05, 0) is 25.5 Å². The molecule has 7 nitrogen and oxygen atoms in total. The molecule has 1 N–H and O–H groups in total. The van der Waals surface area contributed by atoms with Crippen molar-refractivity contribution in [1.29, 1.82) is 0 Å². The normalized spacial score (nSPS) is 16.0. The van der Waals surface area contributed by atoms with Gasteiger partial charge in [-0.3, -0.25) is 4.79 Å². The number of hydrogen-bond donors (Lipinski definition) is 1. The minimum atomic E-state index is -0.158. The summed E-state index contributed by atoms with van der Waals surface area (Å²) >= 11 is 0. The number of carbonyl (C=O) groups excluding carboxylic acids is 1. The van der Waals surface area contributed by atoms with Gasteiger partial charge in [-0.15, -0.1) is 0 Å². The van der Waals surface area contributed by atoms with Gasteiger partial charge >= 0.3 is 0 Å². The van der Waals surface area contributed by atoms with Crippen molar-refractivity contribution in [3.05, 3.63) is 29.9 Å². The van der Waals surface area contributed by atoms with E-state index in [1.165, 1.54) is 0 Å². The second-order valence-electron chi connectivity index (χ2n) is 7.61. The van der Waals surface area contributed by atoms with Crippen LogP contribution in [0.2, 0.25) is 0 Å². The maximum atomic E-state index is 12.0. The molecule has 140 valence electrons. The van der Waals surface area contributed by atoms with Crippen LogP contribution in [0.1, 0.15) is 58.3 Å². The van der Waals surface area contributed by atoms with Crippen LogP contribution in [-0.2, 0) is 10.2 Å². The summed E-state index contributed by atoms with van der Waals surface area (Å²) in [6, 6.07) is 5.58. The fourth-order valence-electron chi connectivity index (χ4n) is 2.92. The first-order valence-electron chi connectivity index (χ1n) is 8.88. The lowest BCUT2D eigenvalue weighted by molar-refractivity contribution is -0.117. The summed E-state index contributed by atoms with van der Waals surface area (Å²) in [5.74, 6) is 2.02. The van der Waals surface area contributed by atoms with Crippen molar-refractivity contribution in [2.45, 2.75) is 52.0 Å². The lowest BCUT2D eigenvalue weighted by atomic mass is 9.96. The number of methoxy groups -OCH3 is 1. The minimum absolute atomic E-state index is 0.137. The number of rotatable bonds is 5. The first kappa shape index (κ1) is 18.2. The number of aromatic nitrogens is 2. The van der Waals surface area contributed by atoms with Crippen molar-refractivity contribution in [2.24, 2.45) is 0 Å². The van der Waals surface area contributed by atoms with Gasteiger partial charge in [0.2, 0.25) is 11.8 Å². The van der Waals surface area contributed by atoms with Crippen LogP contribution in [0.5, 0.6) is 5.75 Å². The smallest absolute Gasteiger partial charge is 0.248 e. The van der Waals surface area contributed by atoms with Crippen molar-refractivity contribution in [1.82, 2.24) is 10.1 Å². The van der Waals surface area contributed by atoms with E-state index >= 15 is 0 Å². The Kier molecular flexibility index (Phi) is 4.89. The number of hydrogen-bond acceptors (Lipinski definition) is 6. The van der Waals surface area contributed by atoms with Crippen LogP contribution in [0.3, 0.4) is 0 Å². The van der Waals surface area contributed by atoms with Crippen molar-refractivity contribution < 1.29 is 14.1 Å². The highest BCUT2D eigenvalue weighted by Gasteiger charge is 2.25. The Morgan fingerprint density at radius 2 is 2.12 bits per heavy atom. The molecule has 1 atom stereocenters. The van der Waals surface area contributed by atoms with Crippen molar-refractivity contribution in [3.8, 4) is 5.75 Å². The lowest BCUT2D eigenvalue weighted by Crippen LogP contribution is -2.24. The summed E-state index contributed by atoms with van der Waals surface area (Å²) in [6.45, 7) is 8.83. The Morgan fingerprint density at radius 1 is 1.35 bits per heavy atom. The van der Waals surface area contributed by atoms with E-state index in [0.29, 0.717) is 23.9 Å². The van der Waals surface area contributed by atoms with Gasteiger partial charge in [-0.25, -0.2) is 0 Å². The van der Waals surface area contributed by atoms with Crippen LogP contribution in [0.15, 0.2) is 22.7 Å². The Hall–Kier alpha value is -2.57. The molecule has 0 radical (unpaired) electrons. The van der Waals surface area contributed by atoms with Crippen molar-refractivity contribution >= 4 is 17.3 Å². The number of carbonyl (C=O) groups is 1. The number of anilines is 2. The molecular formula is C19H26N4O3. The van der Waals surface area contributed by atoms with Crippen LogP contribution in [0, 0.1) is 0 Å². The van der Waals surface area contributed by atoms with Crippen LogP contribution >= 0.6 is 0 Å². The quantitative estimate of drug-likeness (QED) is 0.878. The van der Waals surface area contributed by atoms with Gasteiger partial charge in [0.1, 0.15) is 11.8 Å². The fourth-order valence-corrected chi connectivity index (χ4v) is 2.92. The lowest BCUT2D eigenvalue weighted by Gasteiger charge is -2.20. The Labute approximate surface area is 153 Å². The second kappa shape index (κ2) is 6.97. The molecule has 0 spiro atoms. The van der Waals surface area contributed by atoms with Crippen LogP contribution in [0.4, 0.5) is 11.4 Å². The van der Waals surface area contributed by atoms with Crippen LogP contribution < -0.4 is 15.0 Å². The van der Waals surface area contributed by atoms with Gasteiger partial charge in [0.25, 0.3) is 0 Å². The standard InChI is InChI=1S/C19H26N4O3/c1-12(17-21-18(22-26-17)19(2,3)4)20-13-8-9-14(15(11-13)25-5)23-10-6-7-16(23)24/h8-9,11-12,20H,6-7,10H2,1-5H3/t12-/m1/s1. The zero-order valence-corrected chi connectivity index (χ0v) is 16.0. The summed E-state index contributed by atoms with van der Waals surface area (Å²) in [7, 11) is 1.61. The Bertz CT molecular complexity index is 794. The third-order valence-corrected chi connectivity index (χ3v) is 4.41. The van der Waals surface area contributed by atoms with E-state index in [1.807, 2.05) is 45.9 Å². The summed E-state index contributed by atoms with van der Waals surface area (Å²) in [5, 5.41) is 7.41. The van der Waals surface area contributed by atoms with E-state index in [4.69, 9.17) is 9.26 Å². The highest BCUT2D eigenvalue weighted by molar-refractivity contribution is 5.97. The molecular weight excluding hydrogens is 332 g/mol. The second-order valence-corrected chi connectivity index (χ2v) is 7.61. The number of ether oxygens (including phenoxy) is 1. The predicted octanol–water partition coefficient (Wildman–Crippen LogP) is 3.68. The number of amides is 1. The van der Waals surface area contributed by atoms with Crippen LogP contribution in [-0.4, -0.2) is 29.7 Å². The number of nitrogens with one attached hydrogen (secondary N) is 1. The summed E-state index contributed by atoms with van der Waals surface area (Å²) in [6.07, 6.45) is 1.47. The molecule has 1 aromatic heterocycles. The molecule has 26 heavy (non-hydrogen) atoms. The molecule has 1 aliphatic heterocycles. The van der Waals surface area contributed by atoms with Gasteiger partial charge in [0, 0.05) is 30.1 Å². The van der Waals surface area contributed by atoms with E-state index in [-0.39, 0.29) is 17.4 Å². The monoisotopic (exact) mass is 358 g/mol. The minimum Gasteiger partial charge on any atom is -0.494 e. The maximum absolute atomic E-state index is 12.0. The van der Waals surface area contributed by atoms with Gasteiger partial charge < -0.3 is 19.5 Å². The molecule has 1 aliphatic rings. The highest BCUT2D eigenvalue weighted by Crippen LogP contribution is 2.34. The van der Waals surface area contributed by atoms with E-state index in [2.05, 4.69) is 15.5 Å². The van der Waals surface area contributed by atoms with Crippen molar-refractivity contribution in [2.75, 3.05) is 23.9 Å². The van der Waals surface area contributed by atoms with E-state index in [0.717, 1.165) is 24.3 Å². The molecule has 0 bridgehead atoms. The SMILES string of the molecule is COc1cc(N[C@H](C)c2nc(C(C)(C)C)no2)ccc1N1CCCC1=O. The summed E-state index contributed by atoms with van der Waals surface area (Å²) in [5.41, 5.74) is 1.51. The number of nitrogens with zero attached hydrogens (tertiary/aromatic N) is 3. The molecule has 7 heteroatoms. The zero-order chi connectivity index (χ0) is 18.9. The molecule has 2 heterocycles. The summed E-state index contributed by atoms with van der Waals surface area (Å²) in [4.78, 5) is 18.3. The molecule has 1 saturated heterocycles. The van der Waals surface area contributed by atoms with Crippen molar-refractivity contribution in [3.63, 3.8) is 0 Å². The fraction of sp³-hybridized carbons (Fsp3) is 0.526. The predicted molar refractivity (Wildman–Crippen MR) is 99.6 cm³/mol.